The zero-order chi connectivity index (χ0) is 10.5. The smallest absolute Gasteiger partial charge is 0.0574 e. The van der Waals surface area contributed by atoms with E-state index < -0.39 is 0 Å². The Balaban J connectivity index is 1.76. The van der Waals surface area contributed by atoms with Gasteiger partial charge in [-0.3, -0.25) is 0 Å². The van der Waals surface area contributed by atoms with Crippen molar-refractivity contribution in [3.63, 3.8) is 0 Å². The van der Waals surface area contributed by atoms with Crippen LogP contribution in [0.3, 0.4) is 0 Å². The van der Waals surface area contributed by atoms with Crippen molar-refractivity contribution in [2.24, 2.45) is 5.92 Å². The van der Waals surface area contributed by atoms with Crippen LogP contribution in [-0.4, -0.2) is 11.2 Å². The van der Waals surface area contributed by atoms with E-state index in [1.165, 1.54) is 4.88 Å². The Bertz CT molecular complexity index is 302. The summed E-state index contributed by atoms with van der Waals surface area (Å²) in [6.07, 6.45) is 9.62. The zero-order valence-corrected chi connectivity index (χ0v) is 9.75. The molecular formula is C13H18OS. The van der Waals surface area contributed by atoms with E-state index >= 15 is 0 Å². The lowest BCUT2D eigenvalue weighted by atomic mass is 9.87. The summed E-state index contributed by atoms with van der Waals surface area (Å²) in [5.74, 6) is 0.495. The first kappa shape index (κ1) is 10.9. The summed E-state index contributed by atoms with van der Waals surface area (Å²) in [6, 6.07) is 4.23. The molecule has 1 heterocycles. The van der Waals surface area contributed by atoms with E-state index in [1.54, 1.807) is 11.3 Å². The second-order valence-corrected chi connectivity index (χ2v) is 5.26. The van der Waals surface area contributed by atoms with E-state index in [-0.39, 0.29) is 6.10 Å². The topological polar surface area (TPSA) is 20.2 Å². The van der Waals surface area contributed by atoms with Gasteiger partial charge >= 0.3 is 0 Å². The first-order chi connectivity index (χ1) is 7.36. The van der Waals surface area contributed by atoms with E-state index in [0.29, 0.717) is 5.92 Å². The highest BCUT2D eigenvalue weighted by Gasteiger charge is 2.19. The summed E-state index contributed by atoms with van der Waals surface area (Å²) < 4.78 is 0. The molecule has 2 atom stereocenters. The Kier molecular flexibility index (Phi) is 3.98. The third kappa shape index (κ3) is 3.18. The predicted molar refractivity (Wildman–Crippen MR) is 65.1 cm³/mol. The highest BCUT2D eigenvalue weighted by molar-refractivity contribution is 7.09. The number of rotatable bonds is 4. The molecule has 0 aliphatic heterocycles. The summed E-state index contributed by atoms with van der Waals surface area (Å²) in [6.45, 7) is 0. The maximum atomic E-state index is 10.0. The van der Waals surface area contributed by atoms with Crippen LogP contribution in [0.25, 0.3) is 0 Å². The molecule has 0 saturated heterocycles. The van der Waals surface area contributed by atoms with Crippen LogP contribution in [0.2, 0.25) is 0 Å². The zero-order valence-electron chi connectivity index (χ0n) is 8.93. The normalized spacial score (nSPS) is 22.9. The maximum absolute atomic E-state index is 10.0. The van der Waals surface area contributed by atoms with Gasteiger partial charge in [-0.05, 0) is 49.5 Å². The summed E-state index contributed by atoms with van der Waals surface area (Å²) >= 11 is 1.79. The van der Waals surface area contributed by atoms with Crippen molar-refractivity contribution in [1.29, 1.82) is 0 Å². The first-order valence-electron chi connectivity index (χ1n) is 5.71. The van der Waals surface area contributed by atoms with Crippen molar-refractivity contribution in [3.05, 3.63) is 34.5 Å². The fourth-order valence-electron chi connectivity index (χ4n) is 2.15. The molecule has 1 N–H and O–H groups in total. The van der Waals surface area contributed by atoms with Gasteiger partial charge in [-0.25, -0.2) is 0 Å². The molecule has 0 spiro atoms. The molecule has 1 nitrogen and oxygen atoms in total. The molecule has 1 aromatic heterocycles. The molecule has 1 aliphatic carbocycles. The number of hydrogen-bond acceptors (Lipinski definition) is 2. The third-order valence-corrected chi connectivity index (χ3v) is 4.06. The molecule has 0 fully saturated rings. The van der Waals surface area contributed by atoms with Crippen LogP contribution >= 0.6 is 11.3 Å². The minimum absolute atomic E-state index is 0.114. The van der Waals surface area contributed by atoms with Gasteiger partial charge in [0.05, 0.1) is 6.10 Å². The summed E-state index contributed by atoms with van der Waals surface area (Å²) in [7, 11) is 0. The Morgan fingerprint density at radius 2 is 2.40 bits per heavy atom. The van der Waals surface area contributed by atoms with Gasteiger partial charge in [0.15, 0.2) is 0 Å². The lowest BCUT2D eigenvalue weighted by molar-refractivity contribution is 0.0940. The van der Waals surface area contributed by atoms with Crippen LogP contribution in [0.5, 0.6) is 0 Å². The molecule has 1 aromatic rings. The molecule has 82 valence electrons. The van der Waals surface area contributed by atoms with Gasteiger partial charge in [-0.15, -0.1) is 11.3 Å². The van der Waals surface area contributed by atoms with Crippen LogP contribution < -0.4 is 0 Å². The minimum Gasteiger partial charge on any atom is -0.393 e. The van der Waals surface area contributed by atoms with Crippen molar-refractivity contribution < 1.29 is 5.11 Å². The predicted octanol–water partition coefficient (Wildman–Crippen LogP) is 3.40. The van der Waals surface area contributed by atoms with Gasteiger partial charge in [0.2, 0.25) is 0 Å². The first-order valence-corrected chi connectivity index (χ1v) is 6.59. The highest BCUT2D eigenvalue weighted by atomic mass is 32.1. The van der Waals surface area contributed by atoms with Crippen molar-refractivity contribution in [3.8, 4) is 0 Å². The average molecular weight is 222 g/mol. The molecular weight excluding hydrogens is 204 g/mol. The number of thiophene rings is 1. The fourth-order valence-corrected chi connectivity index (χ4v) is 2.87. The molecule has 0 aromatic carbocycles. The number of aliphatic hydroxyl groups is 1. The number of allylic oxidation sites excluding steroid dienone is 2. The van der Waals surface area contributed by atoms with Crippen molar-refractivity contribution in [2.75, 3.05) is 0 Å². The second kappa shape index (κ2) is 5.47. The van der Waals surface area contributed by atoms with Gasteiger partial charge in [0.25, 0.3) is 0 Å². The highest BCUT2D eigenvalue weighted by Crippen LogP contribution is 2.24. The molecule has 0 saturated carbocycles. The Morgan fingerprint density at radius 1 is 1.47 bits per heavy atom. The average Bonchev–Trinajstić information content (AvgIpc) is 2.80. The van der Waals surface area contributed by atoms with Gasteiger partial charge < -0.3 is 5.11 Å². The maximum Gasteiger partial charge on any atom is 0.0574 e. The monoisotopic (exact) mass is 222 g/mol. The largest absolute Gasteiger partial charge is 0.393 e. The van der Waals surface area contributed by atoms with Gasteiger partial charge in [0, 0.05) is 4.88 Å². The molecule has 2 heteroatoms. The van der Waals surface area contributed by atoms with Gasteiger partial charge in [0.1, 0.15) is 0 Å². The van der Waals surface area contributed by atoms with E-state index in [1.807, 2.05) is 0 Å². The Labute approximate surface area is 95.5 Å². The van der Waals surface area contributed by atoms with E-state index in [9.17, 15) is 5.11 Å². The fraction of sp³-hybridized carbons (Fsp3) is 0.538. The van der Waals surface area contributed by atoms with E-state index in [0.717, 1.165) is 32.1 Å². The molecule has 2 unspecified atom stereocenters. The Hall–Kier alpha value is -0.600. The second-order valence-electron chi connectivity index (χ2n) is 4.23. The lowest BCUT2D eigenvalue weighted by Crippen LogP contribution is -2.21. The molecule has 15 heavy (non-hydrogen) atoms. The number of aliphatic hydroxyl groups excluding tert-OH is 1. The molecule has 1 aliphatic rings. The third-order valence-electron chi connectivity index (χ3n) is 3.12. The van der Waals surface area contributed by atoms with Crippen LogP contribution in [0, 0.1) is 5.92 Å². The van der Waals surface area contributed by atoms with Crippen molar-refractivity contribution in [2.45, 2.75) is 38.2 Å². The van der Waals surface area contributed by atoms with Crippen molar-refractivity contribution >= 4 is 11.3 Å². The standard InChI is InChI=1S/C13H18OS/c14-13(11-5-2-1-3-6-11)9-8-12-7-4-10-15-12/h1-2,4,7,10-11,13-14H,3,5-6,8-9H2. The molecule has 0 radical (unpaired) electrons. The van der Waals surface area contributed by atoms with Crippen LogP contribution in [0.4, 0.5) is 0 Å². The van der Waals surface area contributed by atoms with E-state index in [4.69, 9.17) is 0 Å². The van der Waals surface area contributed by atoms with Gasteiger partial charge in [-0.1, -0.05) is 18.2 Å². The van der Waals surface area contributed by atoms with Gasteiger partial charge in [-0.2, -0.15) is 0 Å². The van der Waals surface area contributed by atoms with Crippen LogP contribution in [0.1, 0.15) is 30.6 Å². The SMILES string of the molecule is OC(CCc1cccs1)C1CC=CCC1. The quantitative estimate of drug-likeness (QED) is 0.774. The molecule has 0 amide bonds. The van der Waals surface area contributed by atoms with Crippen LogP contribution in [-0.2, 0) is 6.42 Å². The van der Waals surface area contributed by atoms with E-state index in [2.05, 4.69) is 29.7 Å². The molecule has 2 rings (SSSR count). The van der Waals surface area contributed by atoms with Crippen molar-refractivity contribution in [1.82, 2.24) is 0 Å². The summed E-state index contributed by atoms with van der Waals surface area (Å²) in [5, 5.41) is 12.1. The Morgan fingerprint density at radius 3 is 3.07 bits per heavy atom. The number of hydrogen-bond donors (Lipinski definition) is 1. The minimum atomic E-state index is -0.114. The summed E-state index contributed by atoms with van der Waals surface area (Å²) in [4.78, 5) is 1.39. The lowest BCUT2D eigenvalue weighted by Gasteiger charge is -2.23. The molecule has 0 bridgehead atoms. The van der Waals surface area contributed by atoms with Crippen LogP contribution in [0.15, 0.2) is 29.7 Å². The number of aryl methyl sites for hydroxylation is 1. The summed E-state index contributed by atoms with van der Waals surface area (Å²) in [5.41, 5.74) is 0.